The molecule has 0 aliphatic heterocycles. The van der Waals surface area contributed by atoms with Gasteiger partial charge in [0.05, 0.1) is 0 Å². The van der Waals surface area contributed by atoms with Crippen molar-refractivity contribution in [3.63, 3.8) is 0 Å². The predicted octanol–water partition coefficient (Wildman–Crippen LogP) is 7.19. The number of rotatable bonds is 7. The van der Waals surface area contributed by atoms with Gasteiger partial charge in [0.25, 0.3) is 0 Å². The first-order valence-electron chi connectivity index (χ1n) is 13.6. The second-order valence-electron chi connectivity index (χ2n) is 10.2. The van der Waals surface area contributed by atoms with Crippen molar-refractivity contribution in [2.75, 3.05) is 0 Å². The molecule has 218 valence electrons. The maximum atomic E-state index is 14.6. The molecule has 44 heavy (non-hydrogen) atoms. The number of hydrogen-bond acceptors (Lipinski definition) is 2. The van der Waals surface area contributed by atoms with Gasteiger partial charge in [-0.2, -0.15) is 0 Å². The van der Waals surface area contributed by atoms with Crippen LogP contribution in [0, 0.1) is 23.3 Å². The lowest BCUT2D eigenvalue weighted by Crippen LogP contribution is -2.25. The van der Waals surface area contributed by atoms with Crippen molar-refractivity contribution in [3.05, 3.63) is 169 Å². The molecule has 6 rings (SSSR count). The molecule has 0 amide bonds. The summed E-state index contributed by atoms with van der Waals surface area (Å²) in [5.41, 5.74) is 1.59. The molecule has 0 aliphatic carbocycles. The van der Waals surface area contributed by atoms with Gasteiger partial charge >= 0.3 is 0 Å². The summed E-state index contributed by atoms with van der Waals surface area (Å²) in [6.45, 7) is 0. The van der Waals surface area contributed by atoms with E-state index in [1.54, 1.807) is 24.3 Å². The molecule has 0 aliphatic rings. The maximum Gasteiger partial charge on any atom is 0.171 e. The molecular formula is C36H24F4O2P2. The highest BCUT2D eigenvalue weighted by Crippen LogP contribution is 2.44. The van der Waals surface area contributed by atoms with E-state index < -0.39 is 37.6 Å². The second-order valence-corrected chi connectivity index (χ2v) is 15.8. The lowest BCUT2D eigenvalue weighted by Gasteiger charge is -2.21. The van der Waals surface area contributed by atoms with E-state index in [0.717, 1.165) is 11.1 Å². The zero-order valence-corrected chi connectivity index (χ0v) is 24.9. The van der Waals surface area contributed by atoms with Crippen LogP contribution < -0.4 is 31.8 Å². The van der Waals surface area contributed by atoms with Gasteiger partial charge in [-0.15, -0.1) is 0 Å². The molecule has 6 aromatic rings. The molecule has 0 fully saturated rings. The summed E-state index contributed by atoms with van der Waals surface area (Å²) in [4.78, 5) is 0. The molecule has 0 saturated carbocycles. The summed E-state index contributed by atoms with van der Waals surface area (Å²) in [5.74, 6) is -1.83. The number of benzene rings is 6. The largest absolute Gasteiger partial charge is 0.309 e. The molecule has 6 aromatic carbocycles. The summed E-state index contributed by atoms with van der Waals surface area (Å²) in [5, 5.41) is 2.65. The van der Waals surface area contributed by atoms with Crippen molar-refractivity contribution in [1.82, 2.24) is 0 Å². The first-order chi connectivity index (χ1) is 21.2. The van der Waals surface area contributed by atoms with E-state index in [0.29, 0.717) is 31.8 Å². The first kappa shape index (κ1) is 29.6. The Morgan fingerprint density at radius 2 is 0.432 bits per heavy atom. The standard InChI is InChI=1S/C36H24F4O2P2/c37-27-5-17-33(18-6-27)43(41,34-19-7-28(38)8-20-34)31-13-1-25(2-14-31)26-3-15-32(16-4-26)44(42,35-21-9-29(39)10-22-35)36-23-11-30(40)12-24-36/h1-24H. The Morgan fingerprint density at radius 3 is 0.614 bits per heavy atom. The third kappa shape index (κ3) is 5.48. The topological polar surface area (TPSA) is 34.1 Å². The van der Waals surface area contributed by atoms with Crippen LogP contribution in [0.1, 0.15) is 0 Å². The Bertz CT molecular complexity index is 1760. The molecule has 0 atom stereocenters. The Morgan fingerprint density at radius 1 is 0.273 bits per heavy atom. The summed E-state index contributed by atoms with van der Waals surface area (Å²) in [6, 6.07) is 36.0. The van der Waals surface area contributed by atoms with Gasteiger partial charge in [-0.1, -0.05) is 48.5 Å². The minimum absolute atomic E-state index is 0.417. The minimum Gasteiger partial charge on any atom is -0.309 e. The van der Waals surface area contributed by atoms with Crippen molar-refractivity contribution in [1.29, 1.82) is 0 Å². The molecular weight excluding hydrogens is 602 g/mol. The van der Waals surface area contributed by atoms with Gasteiger partial charge in [0.15, 0.2) is 14.3 Å². The smallest absolute Gasteiger partial charge is 0.171 e. The van der Waals surface area contributed by atoms with Gasteiger partial charge in [0.2, 0.25) is 0 Å². The number of halogens is 4. The molecule has 0 N–H and O–H groups in total. The van der Waals surface area contributed by atoms with Crippen LogP contribution in [0.25, 0.3) is 11.1 Å². The molecule has 0 saturated heterocycles. The maximum absolute atomic E-state index is 14.6. The summed E-state index contributed by atoms with van der Waals surface area (Å²) < 4.78 is 84.1. The fraction of sp³-hybridized carbons (Fsp3) is 0. The van der Waals surface area contributed by atoms with Crippen molar-refractivity contribution in [2.24, 2.45) is 0 Å². The zero-order valence-electron chi connectivity index (χ0n) is 23.1. The molecule has 0 bridgehead atoms. The SMILES string of the molecule is O=P(c1ccc(F)cc1)(c1ccc(F)cc1)c1ccc(-c2ccc(P(=O)(c3ccc(F)cc3)c3ccc(F)cc3)cc2)cc1. The van der Waals surface area contributed by atoms with Crippen molar-refractivity contribution in [2.45, 2.75) is 0 Å². The van der Waals surface area contributed by atoms with E-state index in [9.17, 15) is 26.7 Å². The van der Waals surface area contributed by atoms with E-state index in [4.69, 9.17) is 0 Å². The van der Waals surface area contributed by atoms with Crippen molar-refractivity contribution < 1.29 is 26.7 Å². The normalized spacial score (nSPS) is 11.8. The van der Waals surface area contributed by atoms with Crippen LogP contribution in [-0.2, 0) is 9.13 Å². The summed E-state index contributed by atoms with van der Waals surface area (Å²) in [7, 11) is -6.91. The lowest BCUT2D eigenvalue weighted by atomic mass is 10.1. The molecule has 0 heterocycles. The molecule has 0 radical (unpaired) electrons. The second kappa shape index (κ2) is 11.9. The van der Waals surface area contributed by atoms with Crippen LogP contribution in [-0.4, -0.2) is 0 Å². The van der Waals surface area contributed by atoms with Crippen molar-refractivity contribution >= 4 is 46.1 Å². The van der Waals surface area contributed by atoms with E-state index >= 15 is 0 Å². The highest BCUT2D eigenvalue weighted by molar-refractivity contribution is 7.85. The average Bonchev–Trinajstić information content (AvgIpc) is 3.05. The molecule has 0 aromatic heterocycles. The molecule has 0 spiro atoms. The fourth-order valence-electron chi connectivity index (χ4n) is 5.23. The average molecular weight is 627 g/mol. The van der Waals surface area contributed by atoms with Crippen molar-refractivity contribution in [3.8, 4) is 11.1 Å². The third-order valence-electron chi connectivity index (χ3n) is 7.56. The van der Waals surface area contributed by atoms with Gasteiger partial charge in [-0.3, -0.25) is 0 Å². The summed E-state index contributed by atoms with van der Waals surface area (Å²) in [6.07, 6.45) is 0. The fourth-order valence-corrected chi connectivity index (χ4v) is 10.4. The Hall–Kier alpha value is -4.50. The highest BCUT2D eigenvalue weighted by atomic mass is 31.2. The van der Waals surface area contributed by atoms with Gasteiger partial charge in [0.1, 0.15) is 23.3 Å². The Kier molecular flexibility index (Phi) is 7.98. The predicted molar refractivity (Wildman–Crippen MR) is 170 cm³/mol. The van der Waals surface area contributed by atoms with Gasteiger partial charge in [0, 0.05) is 31.8 Å². The van der Waals surface area contributed by atoms with E-state index in [1.807, 2.05) is 24.3 Å². The zero-order chi connectivity index (χ0) is 30.9. The van der Waals surface area contributed by atoms with Crippen LogP contribution in [0.15, 0.2) is 146 Å². The van der Waals surface area contributed by atoms with Gasteiger partial charge < -0.3 is 9.13 Å². The third-order valence-corrected chi connectivity index (χ3v) is 13.7. The van der Waals surface area contributed by atoms with Crippen LogP contribution in [0.3, 0.4) is 0 Å². The first-order valence-corrected chi connectivity index (χ1v) is 17.1. The monoisotopic (exact) mass is 626 g/mol. The quantitative estimate of drug-likeness (QED) is 0.139. The van der Waals surface area contributed by atoms with E-state index in [1.165, 1.54) is 97.1 Å². The van der Waals surface area contributed by atoms with Crippen LogP contribution in [0.5, 0.6) is 0 Å². The van der Waals surface area contributed by atoms with E-state index in [2.05, 4.69) is 0 Å². The van der Waals surface area contributed by atoms with Crippen LogP contribution in [0.2, 0.25) is 0 Å². The minimum atomic E-state index is -3.46. The molecule has 2 nitrogen and oxygen atoms in total. The number of hydrogen-bond donors (Lipinski definition) is 0. The van der Waals surface area contributed by atoms with Gasteiger partial charge in [-0.25, -0.2) is 17.6 Å². The lowest BCUT2D eigenvalue weighted by molar-refractivity contribution is 0.591. The van der Waals surface area contributed by atoms with Gasteiger partial charge in [-0.05, 0) is 108 Å². The molecule has 8 heteroatoms. The molecule has 0 unspecified atom stereocenters. The highest BCUT2D eigenvalue weighted by Gasteiger charge is 2.31. The van der Waals surface area contributed by atoms with Crippen LogP contribution in [0.4, 0.5) is 17.6 Å². The Balaban J connectivity index is 1.38. The van der Waals surface area contributed by atoms with Crippen LogP contribution >= 0.6 is 14.3 Å². The van der Waals surface area contributed by atoms with E-state index in [-0.39, 0.29) is 0 Å². The Labute approximate surface area is 252 Å². The summed E-state index contributed by atoms with van der Waals surface area (Å²) >= 11 is 0.